The van der Waals surface area contributed by atoms with E-state index in [0.717, 1.165) is 49.3 Å². The number of morpholine rings is 1. The molecule has 0 saturated carbocycles. The number of benzene rings is 1. The van der Waals surface area contributed by atoms with Gasteiger partial charge in [-0.3, -0.25) is 4.90 Å². The van der Waals surface area contributed by atoms with Crippen LogP contribution in [0.2, 0.25) is 0 Å². The number of halogens is 2. The fraction of sp³-hybridized carbons (Fsp3) is 0.500. The Morgan fingerprint density at radius 1 is 1.31 bits per heavy atom. The molecule has 1 saturated heterocycles. The molecule has 1 aliphatic rings. The SMILES string of the molecule is Fc1ccc(Br)cc1CCN1CCOCC1. The summed E-state index contributed by atoms with van der Waals surface area (Å²) in [5.41, 5.74) is 0.779. The van der Waals surface area contributed by atoms with Crippen LogP contribution < -0.4 is 0 Å². The minimum Gasteiger partial charge on any atom is -0.379 e. The molecule has 1 heterocycles. The predicted octanol–water partition coefficient (Wildman–Crippen LogP) is 2.46. The average Bonchev–Trinajstić information content (AvgIpc) is 2.32. The molecule has 0 N–H and O–H groups in total. The Kier molecular flexibility index (Phi) is 4.32. The van der Waals surface area contributed by atoms with E-state index in [1.165, 1.54) is 6.07 Å². The first kappa shape index (κ1) is 12.0. The van der Waals surface area contributed by atoms with E-state index < -0.39 is 0 Å². The Bertz CT molecular complexity index is 353. The summed E-state index contributed by atoms with van der Waals surface area (Å²) < 4.78 is 19.7. The topological polar surface area (TPSA) is 12.5 Å². The molecule has 0 aliphatic carbocycles. The van der Waals surface area contributed by atoms with Crippen molar-refractivity contribution in [2.75, 3.05) is 32.8 Å². The minimum absolute atomic E-state index is 0.114. The third kappa shape index (κ3) is 3.27. The summed E-state index contributed by atoms with van der Waals surface area (Å²) in [5.74, 6) is -0.114. The van der Waals surface area contributed by atoms with E-state index in [9.17, 15) is 4.39 Å². The smallest absolute Gasteiger partial charge is 0.126 e. The second-order valence-electron chi connectivity index (χ2n) is 3.94. The standard InChI is InChI=1S/C12H15BrFNO/c13-11-1-2-12(14)10(9-11)3-4-15-5-7-16-8-6-15/h1-2,9H,3-8H2. The first-order valence-corrected chi connectivity index (χ1v) is 6.29. The van der Waals surface area contributed by atoms with E-state index in [4.69, 9.17) is 4.74 Å². The van der Waals surface area contributed by atoms with Crippen molar-refractivity contribution in [1.82, 2.24) is 4.90 Å². The van der Waals surface area contributed by atoms with Gasteiger partial charge in [0.2, 0.25) is 0 Å². The molecule has 0 aromatic heterocycles. The van der Waals surface area contributed by atoms with Gasteiger partial charge in [0.25, 0.3) is 0 Å². The van der Waals surface area contributed by atoms with Crippen molar-refractivity contribution in [3.8, 4) is 0 Å². The maximum Gasteiger partial charge on any atom is 0.126 e. The lowest BCUT2D eigenvalue weighted by atomic mass is 10.1. The van der Waals surface area contributed by atoms with Crippen LogP contribution in [0, 0.1) is 5.82 Å². The molecule has 2 nitrogen and oxygen atoms in total. The van der Waals surface area contributed by atoms with Crippen molar-refractivity contribution in [2.45, 2.75) is 6.42 Å². The fourth-order valence-corrected chi connectivity index (χ4v) is 2.25. The van der Waals surface area contributed by atoms with Gasteiger partial charge >= 0.3 is 0 Å². The highest BCUT2D eigenvalue weighted by molar-refractivity contribution is 9.10. The summed E-state index contributed by atoms with van der Waals surface area (Å²) in [6, 6.07) is 5.10. The van der Waals surface area contributed by atoms with E-state index in [0.29, 0.717) is 0 Å². The zero-order valence-corrected chi connectivity index (χ0v) is 10.7. The van der Waals surface area contributed by atoms with Gasteiger partial charge in [-0.05, 0) is 30.2 Å². The van der Waals surface area contributed by atoms with Crippen LogP contribution >= 0.6 is 15.9 Å². The van der Waals surface area contributed by atoms with Crippen LogP contribution in [0.3, 0.4) is 0 Å². The van der Waals surface area contributed by atoms with E-state index in [1.54, 1.807) is 6.07 Å². The molecule has 4 heteroatoms. The van der Waals surface area contributed by atoms with E-state index >= 15 is 0 Å². The third-order valence-corrected chi connectivity index (χ3v) is 3.30. The minimum atomic E-state index is -0.114. The van der Waals surface area contributed by atoms with E-state index in [2.05, 4.69) is 20.8 Å². The zero-order chi connectivity index (χ0) is 11.4. The normalized spacial score (nSPS) is 17.6. The zero-order valence-electron chi connectivity index (χ0n) is 9.09. The van der Waals surface area contributed by atoms with Gasteiger partial charge in [0.15, 0.2) is 0 Å². The summed E-state index contributed by atoms with van der Waals surface area (Å²) >= 11 is 3.36. The third-order valence-electron chi connectivity index (χ3n) is 2.81. The van der Waals surface area contributed by atoms with Gasteiger partial charge in [-0.2, -0.15) is 0 Å². The van der Waals surface area contributed by atoms with Crippen molar-refractivity contribution in [3.63, 3.8) is 0 Å². The average molecular weight is 288 g/mol. The van der Waals surface area contributed by atoms with Gasteiger partial charge in [-0.1, -0.05) is 15.9 Å². The molecule has 16 heavy (non-hydrogen) atoms. The lowest BCUT2D eigenvalue weighted by molar-refractivity contribution is 0.0383. The summed E-state index contributed by atoms with van der Waals surface area (Å²) in [6.45, 7) is 4.39. The summed E-state index contributed by atoms with van der Waals surface area (Å²) in [6.07, 6.45) is 0.755. The van der Waals surface area contributed by atoms with Crippen LogP contribution in [0.4, 0.5) is 4.39 Å². The van der Waals surface area contributed by atoms with Crippen LogP contribution in [0.15, 0.2) is 22.7 Å². The first-order chi connectivity index (χ1) is 7.75. The number of hydrogen-bond donors (Lipinski definition) is 0. The van der Waals surface area contributed by atoms with Crippen LogP contribution in [0.5, 0.6) is 0 Å². The monoisotopic (exact) mass is 287 g/mol. The van der Waals surface area contributed by atoms with Gasteiger partial charge in [-0.25, -0.2) is 4.39 Å². The summed E-state index contributed by atoms with van der Waals surface area (Å²) in [4.78, 5) is 2.31. The molecule has 0 spiro atoms. The molecular formula is C12H15BrFNO. The van der Waals surface area contributed by atoms with Gasteiger partial charge in [0.1, 0.15) is 5.82 Å². The molecule has 0 bridgehead atoms. The lowest BCUT2D eigenvalue weighted by Gasteiger charge is -2.26. The molecule has 0 amide bonds. The van der Waals surface area contributed by atoms with Crippen LogP contribution in [-0.4, -0.2) is 37.7 Å². The predicted molar refractivity (Wildman–Crippen MR) is 65.1 cm³/mol. The Balaban J connectivity index is 1.90. The van der Waals surface area contributed by atoms with Crippen LogP contribution in [-0.2, 0) is 11.2 Å². The second-order valence-corrected chi connectivity index (χ2v) is 4.86. The number of ether oxygens (including phenoxy) is 1. The van der Waals surface area contributed by atoms with Crippen LogP contribution in [0.1, 0.15) is 5.56 Å². The van der Waals surface area contributed by atoms with Crippen molar-refractivity contribution < 1.29 is 9.13 Å². The molecule has 0 atom stereocenters. The van der Waals surface area contributed by atoms with Crippen LogP contribution in [0.25, 0.3) is 0 Å². The molecule has 1 aromatic rings. The highest BCUT2D eigenvalue weighted by atomic mass is 79.9. The van der Waals surface area contributed by atoms with E-state index in [-0.39, 0.29) is 5.82 Å². The maximum absolute atomic E-state index is 13.5. The summed E-state index contributed by atoms with van der Waals surface area (Å²) in [7, 11) is 0. The van der Waals surface area contributed by atoms with Crippen molar-refractivity contribution in [1.29, 1.82) is 0 Å². The summed E-state index contributed by atoms with van der Waals surface area (Å²) in [5, 5.41) is 0. The molecule has 0 unspecified atom stereocenters. The van der Waals surface area contributed by atoms with Gasteiger partial charge < -0.3 is 4.74 Å². The van der Waals surface area contributed by atoms with Gasteiger partial charge in [0, 0.05) is 24.1 Å². The van der Waals surface area contributed by atoms with Gasteiger partial charge in [-0.15, -0.1) is 0 Å². The second kappa shape index (κ2) is 5.75. The van der Waals surface area contributed by atoms with Crippen molar-refractivity contribution >= 4 is 15.9 Å². The fourth-order valence-electron chi connectivity index (χ4n) is 1.84. The van der Waals surface area contributed by atoms with Crippen molar-refractivity contribution in [2.24, 2.45) is 0 Å². The highest BCUT2D eigenvalue weighted by Crippen LogP contribution is 2.16. The Labute approximate surface area is 104 Å². The molecule has 88 valence electrons. The van der Waals surface area contributed by atoms with Gasteiger partial charge in [0.05, 0.1) is 13.2 Å². The highest BCUT2D eigenvalue weighted by Gasteiger charge is 2.11. The Morgan fingerprint density at radius 3 is 2.81 bits per heavy atom. The number of nitrogens with zero attached hydrogens (tertiary/aromatic N) is 1. The molecule has 2 rings (SSSR count). The molecule has 0 radical (unpaired) electrons. The molecular weight excluding hydrogens is 273 g/mol. The van der Waals surface area contributed by atoms with Crippen molar-refractivity contribution in [3.05, 3.63) is 34.1 Å². The Hall–Kier alpha value is -0.450. The molecule has 1 aromatic carbocycles. The maximum atomic E-state index is 13.5. The Morgan fingerprint density at radius 2 is 2.06 bits per heavy atom. The van der Waals surface area contributed by atoms with E-state index in [1.807, 2.05) is 6.07 Å². The molecule has 1 aliphatic heterocycles. The number of rotatable bonds is 3. The number of hydrogen-bond acceptors (Lipinski definition) is 2. The lowest BCUT2D eigenvalue weighted by Crippen LogP contribution is -2.37. The first-order valence-electron chi connectivity index (χ1n) is 5.50. The molecule has 1 fully saturated rings. The largest absolute Gasteiger partial charge is 0.379 e. The quantitative estimate of drug-likeness (QED) is 0.847.